The Balaban J connectivity index is 1.61. The minimum atomic E-state index is -0.823. The van der Waals surface area contributed by atoms with Crippen molar-refractivity contribution in [3.8, 4) is 5.75 Å². The van der Waals surface area contributed by atoms with Crippen molar-refractivity contribution < 1.29 is 28.5 Å². The molecule has 4 rings (SSSR count). The molecule has 1 aromatic rings. The fourth-order valence-corrected chi connectivity index (χ4v) is 6.73. The molecule has 3 saturated heterocycles. The summed E-state index contributed by atoms with van der Waals surface area (Å²) in [5.74, 6) is 1.19. The first-order chi connectivity index (χ1) is 17.0. The van der Waals surface area contributed by atoms with Crippen molar-refractivity contribution in [3.05, 3.63) is 29.8 Å². The quantitative estimate of drug-likeness (QED) is 0.476. The van der Waals surface area contributed by atoms with Crippen molar-refractivity contribution in [1.29, 1.82) is 0 Å². The minimum absolute atomic E-state index is 0.0210. The number of nitrogens with zero attached hydrogens (tertiary/aromatic N) is 1. The van der Waals surface area contributed by atoms with Gasteiger partial charge >= 0.3 is 5.97 Å². The van der Waals surface area contributed by atoms with Gasteiger partial charge in [0.1, 0.15) is 11.4 Å². The third kappa shape index (κ3) is 6.71. The topological polar surface area (TPSA) is 74.3 Å². The molecule has 0 radical (unpaired) electrons. The van der Waals surface area contributed by atoms with Crippen molar-refractivity contribution in [1.82, 2.24) is 4.90 Å². The summed E-state index contributed by atoms with van der Waals surface area (Å²) in [5, 5.41) is 0.0210. The predicted octanol–water partition coefficient (Wildman–Crippen LogP) is 5.69. The zero-order valence-corrected chi connectivity index (χ0v) is 21.9. The van der Waals surface area contributed by atoms with Crippen LogP contribution in [0.4, 0.5) is 4.79 Å². The highest BCUT2D eigenvalue weighted by molar-refractivity contribution is 8.13. The lowest BCUT2D eigenvalue weighted by Gasteiger charge is -2.48. The molecule has 0 aliphatic carbocycles. The molecule has 3 aliphatic rings. The van der Waals surface area contributed by atoms with Crippen LogP contribution in [0.5, 0.6) is 5.75 Å². The Hall–Kier alpha value is -1.77. The molecule has 35 heavy (non-hydrogen) atoms. The highest BCUT2D eigenvalue weighted by Gasteiger charge is 2.55. The molecule has 194 valence electrons. The third-order valence-corrected chi connectivity index (χ3v) is 8.48. The van der Waals surface area contributed by atoms with Gasteiger partial charge in [0, 0.05) is 38.7 Å². The monoisotopic (exact) mass is 505 g/mol. The van der Waals surface area contributed by atoms with E-state index in [-0.39, 0.29) is 23.4 Å². The van der Waals surface area contributed by atoms with Crippen LogP contribution < -0.4 is 4.74 Å². The number of rotatable bonds is 5. The molecule has 2 bridgehead atoms. The highest BCUT2D eigenvalue weighted by Crippen LogP contribution is 2.44. The number of benzene rings is 1. The number of thioether (sulfide) groups is 1. The molecule has 0 spiro atoms. The van der Waals surface area contributed by atoms with Crippen molar-refractivity contribution in [2.45, 2.75) is 101 Å². The van der Waals surface area contributed by atoms with Crippen LogP contribution in [0.3, 0.4) is 0 Å². The van der Waals surface area contributed by atoms with Crippen molar-refractivity contribution in [2.75, 3.05) is 20.0 Å². The van der Waals surface area contributed by atoms with E-state index in [2.05, 4.69) is 0 Å². The molecule has 0 N–H and O–H groups in total. The van der Waals surface area contributed by atoms with E-state index in [4.69, 9.17) is 18.9 Å². The van der Waals surface area contributed by atoms with Gasteiger partial charge in [-0.25, -0.2) is 0 Å². The molecular weight excluding hydrogens is 466 g/mol. The number of methoxy groups -OCH3 is 2. The highest BCUT2D eigenvalue weighted by atomic mass is 32.2. The van der Waals surface area contributed by atoms with Crippen molar-refractivity contribution in [3.63, 3.8) is 0 Å². The molecule has 0 unspecified atom stereocenters. The summed E-state index contributed by atoms with van der Waals surface area (Å²) in [5.41, 5.74) is 0.193. The van der Waals surface area contributed by atoms with E-state index in [1.807, 2.05) is 29.2 Å². The van der Waals surface area contributed by atoms with E-state index in [0.717, 1.165) is 43.4 Å². The molecule has 1 aromatic carbocycles. The van der Waals surface area contributed by atoms with Crippen LogP contribution >= 0.6 is 11.8 Å². The predicted molar refractivity (Wildman–Crippen MR) is 135 cm³/mol. The lowest BCUT2D eigenvalue weighted by atomic mass is 9.81. The summed E-state index contributed by atoms with van der Waals surface area (Å²) < 4.78 is 23.6. The Morgan fingerprint density at radius 1 is 1.00 bits per heavy atom. The van der Waals surface area contributed by atoms with Gasteiger partial charge in [-0.2, -0.15) is 0 Å². The summed E-state index contributed by atoms with van der Waals surface area (Å²) in [7, 11) is 3.28. The molecule has 4 atom stereocenters. The SMILES string of the molecule is COc1ccc(CN2C(=O)SC[C@H]2[C@]23C[C@@H](CCCCCCCCCC(=O)O2)O[C@@H](OC)C3)cc1. The van der Waals surface area contributed by atoms with E-state index in [1.54, 1.807) is 14.2 Å². The van der Waals surface area contributed by atoms with Crippen LogP contribution in [0.25, 0.3) is 0 Å². The number of amides is 1. The Bertz CT molecular complexity index is 849. The van der Waals surface area contributed by atoms with Gasteiger partial charge in [-0.3, -0.25) is 9.59 Å². The van der Waals surface area contributed by atoms with E-state index >= 15 is 0 Å². The van der Waals surface area contributed by atoms with Crippen LogP contribution in [0.1, 0.15) is 76.2 Å². The third-order valence-electron chi connectivity index (χ3n) is 7.51. The minimum Gasteiger partial charge on any atom is -0.497 e. The molecule has 3 heterocycles. The maximum atomic E-state index is 13.1. The lowest BCUT2D eigenvalue weighted by Crippen LogP contribution is -2.60. The normalized spacial score (nSPS) is 31.0. The second-order valence-electron chi connectivity index (χ2n) is 9.95. The van der Waals surface area contributed by atoms with E-state index in [0.29, 0.717) is 31.6 Å². The maximum absolute atomic E-state index is 13.1. The molecule has 3 aliphatic heterocycles. The number of carbonyl (C=O) groups is 2. The van der Waals surface area contributed by atoms with Gasteiger partial charge in [-0.05, 0) is 30.5 Å². The van der Waals surface area contributed by atoms with Gasteiger partial charge in [0.25, 0.3) is 5.24 Å². The van der Waals surface area contributed by atoms with Gasteiger partial charge in [-0.1, -0.05) is 62.4 Å². The number of esters is 1. The van der Waals surface area contributed by atoms with Gasteiger partial charge in [0.15, 0.2) is 6.29 Å². The summed E-state index contributed by atoms with van der Waals surface area (Å²) in [4.78, 5) is 28.1. The average Bonchev–Trinajstić information content (AvgIpc) is 3.23. The standard InChI is InChI=1S/C27H39NO6S/c1-31-21-14-12-20(13-15-21)18-28-23(19-35-26(28)30)27-16-22(33-25(17-27)32-2)10-8-6-4-3-5-7-9-11-24(29)34-27/h12-15,22-23,25H,3-11,16-19H2,1-2H3/t22-,23+,25-,27-/m1/s1. The van der Waals surface area contributed by atoms with Gasteiger partial charge in [0.2, 0.25) is 0 Å². The largest absolute Gasteiger partial charge is 0.497 e. The van der Waals surface area contributed by atoms with E-state index < -0.39 is 11.9 Å². The average molecular weight is 506 g/mol. The van der Waals surface area contributed by atoms with Crippen molar-refractivity contribution >= 4 is 23.0 Å². The van der Waals surface area contributed by atoms with E-state index in [1.165, 1.54) is 31.0 Å². The van der Waals surface area contributed by atoms with Gasteiger partial charge < -0.3 is 23.8 Å². The number of hydrogen-bond donors (Lipinski definition) is 0. The Kier molecular flexibility index (Phi) is 9.36. The zero-order chi connectivity index (χ0) is 24.7. The fourth-order valence-electron chi connectivity index (χ4n) is 5.59. The zero-order valence-electron chi connectivity index (χ0n) is 21.0. The smallest absolute Gasteiger partial charge is 0.306 e. The van der Waals surface area contributed by atoms with Crippen LogP contribution in [-0.4, -0.2) is 60.1 Å². The summed E-state index contributed by atoms with van der Waals surface area (Å²) >= 11 is 1.31. The fraction of sp³-hybridized carbons (Fsp3) is 0.704. The van der Waals surface area contributed by atoms with Crippen LogP contribution in [0.15, 0.2) is 24.3 Å². The number of ether oxygens (including phenoxy) is 4. The summed E-state index contributed by atoms with van der Waals surface area (Å²) in [6.45, 7) is 0.461. The Labute approximate surface area is 213 Å². The Morgan fingerprint density at radius 2 is 1.71 bits per heavy atom. The maximum Gasteiger partial charge on any atom is 0.306 e. The molecule has 8 heteroatoms. The first-order valence-electron chi connectivity index (χ1n) is 13.0. The lowest BCUT2D eigenvalue weighted by molar-refractivity contribution is -0.248. The van der Waals surface area contributed by atoms with E-state index in [9.17, 15) is 9.59 Å². The summed E-state index contributed by atoms with van der Waals surface area (Å²) in [6, 6.07) is 7.54. The van der Waals surface area contributed by atoms with Crippen molar-refractivity contribution in [2.24, 2.45) is 0 Å². The summed E-state index contributed by atoms with van der Waals surface area (Å²) in [6.07, 6.45) is 9.59. The second kappa shape index (κ2) is 12.5. The van der Waals surface area contributed by atoms with Crippen LogP contribution in [0, 0.1) is 0 Å². The first-order valence-corrected chi connectivity index (χ1v) is 14.0. The van der Waals surface area contributed by atoms with Gasteiger partial charge in [-0.15, -0.1) is 0 Å². The number of carbonyl (C=O) groups excluding carboxylic acids is 2. The first kappa shape index (κ1) is 26.3. The van der Waals surface area contributed by atoms with Crippen LogP contribution in [0.2, 0.25) is 0 Å². The second-order valence-corrected chi connectivity index (χ2v) is 10.9. The number of fused-ring (bicyclic) bond motifs is 2. The molecule has 0 aromatic heterocycles. The van der Waals surface area contributed by atoms with Crippen LogP contribution in [-0.2, 0) is 25.5 Å². The molecule has 1 amide bonds. The van der Waals surface area contributed by atoms with Gasteiger partial charge in [0.05, 0.1) is 19.3 Å². The number of hydrogen-bond acceptors (Lipinski definition) is 7. The molecule has 0 saturated carbocycles. The Morgan fingerprint density at radius 3 is 2.43 bits per heavy atom. The molecule has 7 nitrogen and oxygen atoms in total. The molecular formula is C27H39NO6S. The molecule has 3 fully saturated rings.